The predicted octanol–water partition coefficient (Wildman–Crippen LogP) is 2.51. The van der Waals surface area contributed by atoms with E-state index in [0.717, 1.165) is 6.42 Å². The molecule has 0 aliphatic rings. The normalized spacial score (nSPS) is 13.3. The Morgan fingerprint density at radius 2 is 2.25 bits per heavy atom. The van der Waals surface area contributed by atoms with E-state index < -0.39 is 0 Å². The van der Waals surface area contributed by atoms with Crippen LogP contribution in [0.25, 0.3) is 16.9 Å². The summed E-state index contributed by atoms with van der Waals surface area (Å²) in [6, 6.07) is 0.302. The zero-order valence-electron chi connectivity index (χ0n) is 11.8. The number of hydrogen-bond acceptors (Lipinski definition) is 3. The summed E-state index contributed by atoms with van der Waals surface area (Å²) in [7, 11) is 0. The zero-order valence-corrected chi connectivity index (χ0v) is 11.8. The zero-order chi connectivity index (χ0) is 14.1. The van der Waals surface area contributed by atoms with Gasteiger partial charge in [0.05, 0.1) is 6.33 Å². The fourth-order valence-corrected chi connectivity index (χ4v) is 2.56. The minimum atomic E-state index is -0.120. The maximum Gasteiger partial charge on any atom is 0.287 e. The fourth-order valence-electron chi connectivity index (χ4n) is 2.56. The van der Waals surface area contributed by atoms with Gasteiger partial charge in [-0.1, -0.05) is 26.2 Å². The number of imidazole rings is 2. The Bertz CT molecular complexity index is 782. The van der Waals surface area contributed by atoms with Crippen molar-refractivity contribution < 1.29 is 0 Å². The Balaban J connectivity index is 2.04. The highest BCUT2D eigenvalue weighted by Crippen LogP contribution is 2.19. The van der Waals surface area contributed by atoms with Gasteiger partial charge >= 0.3 is 0 Å². The molecule has 0 saturated heterocycles. The van der Waals surface area contributed by atoms with Gasteiger partial charge in [0.15, 0.2) is 11.2 Å². The van der Waals surface area contributed by atoms with E-state index in [1.165, 1.54) is 23.7 Å². The van der Waals surface area contributed by atoms with Crippen molar-refractivity contribution in [2.45, 2.75) is 45.6 Å². The van der Waals surface area contributed by atoms with Crippen LogP contribution in [-0.2, 0) is 0 Å². The van der Waals surface area contributed by atoms with Crippen LogP contribution in [0.2, 0.25) is 0 Å². The summed E-state index contributed by atoms with van der Waals surface area (Å²) in [5, 5.41) is 0. The number of unbranched alkanes of at least 4 members (excludes halogenated alkanes) is 2. The third-order valence-corrected chi connectivity index (χ3v) is 3.77. The summed E-state index contributed by atoms with van der Waals surface area (Å²) in [5.41, 5.74) is 0.983. The lowest BCUT2D eigenvalue weighted by atomic mass is 10.1. The number of fused-ring (bicyclic) bond motifs is 2. The molecule has 3 aromatic heterocycles. The van der Waals surface area contributed by atoms with Gasteiger partial charge in [-0.05, 0) is 13.3 Å². The summed E-state index contributed by atoms with van der Waals surface area (Å²) in [6.45, 7) is 4.34. The monoisotopic (exact) mass is 273 g/mol. The third-order valence-electron chi connectivity index (χ3n) is 3.77. The Kier molecular flexibility index (Phi) is 3.30. The maximum absolute atomic E-state index is 12.3. The molecule has 0 amide bonds. The summed E-state index contributed by atoms with van der Waals surface area (Å²) in [6.07, 6.45) is 9.81. The quantitative estimate of drug-likeness (QED) is 0.726. The Labute approximate surface area is 116 Å². The minimum Gasteiger partial charge on any atom is -0.330 e. The Hall–Kier alpha value is -2.11. The van der Waals surface area contributed by atoms with E-state index in [-0.39, 0.29) is 5.56 Å². The van der Waals surface area contributed by atoms with Crippen molar-refractivity contribution in [2.24, 2.45) is 0 Å². The van der Waals surface area contributed by atoms with Gasteiger partial charge < -0.3 is 9.55 Å². The van der Waals surface area contributed by atoms with E-state index in [1.54, 1.807) is 18.7 Å². The predicted molar refractivity (Wildman–Crippen MR) is 78.0 cm³/mol. The van der Waals surface area contributed by atoms with E-state index in [1.807, 2.05) is 4.57 Å². The Morgan fingerprint density at radius 1 is 1.40 bits per heavy atom. The van der Waals surface area contributed by atoms with Crippen molar-refractivity contribution in [1.29, 1.82) is 0 Å². The molecule has 1 unspecified atom stereocenters. The van der Waals surface area contributed by atoms with Crippen molar-refractivity contribution in [1.82, 2.24) is 23.9 Å². The molecule has 6 nitrogen and oxygen atoms in total. The highest BCUT2D eigenvalue weighted by atomic mass is 16.1. The van der Waals surface area contributed by atoms with Crippen LogP contribution in [-0.4, -0.2) is 23.9 Å². The van der Waals surface area contributed by atoms with Crippen LogP contribution in [0.5, 0.6) is 0 Å². The number of nitrogens with zero attached hydrogens (tertiary/aromatic N) is 4. The van der Waals surface area contributed by atoms with Crippen molar-refractivity contribution in [3.63, 3.8) is 0 Å². The number of rotatable bonds is 5. The van der Waals surface area contributed by atoms with Gasteiger partial charge in [0.2, 0.25) is 5.78 Å². The number of aromatic amines is 1. The summed E-state index contributed by atoms with van der Waals surface area (Å²) < 4.78 is 3.49. The molecule has 1 N–H and O–H groups in total. The lowest BCUT2D eigenvalue weighted by Crippen LogP contribution is -2.15. The molecule has 0 aliphatic carbocycles. The molecular formula is C14H19N5O. The van der Waals surface area contributed by atoms with Crippen LogP contribution in [0, 0.1) is 0 Å². The second kappa shape index (κ2) is 5.11. The molecule has 0 aromatic carbocycles. The molecule has 0 spiro atoms. The van der Waals surface area contributed by atoms with Crippen LogP contribution < -0.4 is 5.56 Å². The van der Waals surface area contributed by atoms with Crippen molar-refractivity contribution >= 4 is 16.9 Å². The van der Waals surface area contributed by atoms with Crippen molar-refractivity contribution in [3.8, 4) is 0 Å². The van der Waals surface area contributed by atoms with E-state index in [0.29, 0.717) is 23.0 Å². The number of hydrogen-bond donors (Lipinski definition) is 1. The molecule has 0 saturated carbocycles. The van der Waals surface area contributed by atoms with Crippen LogP contribution in [0.1, 0.15) is 45.6 Å². The summed E-state index contributed by atoms with van der Waals surface area (Å²) in [5.74, 6) is 0.560. The van der Waals surface area contributed by atoms with Gasteiger partial charge in [0.25, 0.3) is 5.56 Å². The number of nitrogens with one attached hydrogen (secondary N) is 1. The largest absolute Gasteiger partial charge is 0.330 e. The molecule has 0 bridgehead atoms. The summed E-state index contributed by atoms with van der Waals surface area (Å²) in [4.78, 5) is 24.0. The Morgan fingerprint density at radius 3 is 3.05 bits per heavy atom. The highest BCUT2D eigenvalue weighted by molar-refractivity contribution is 5.71. The van der Waals surface area contributed by atoms with Crippen molar-refractivity contribution in [2.75, 3.05) is 0 Å². The fraction of sp³-hybridized carbons (Fsp3) is 0.500. The van der Waals surface area contributed by atoms with E-state index in [4.69, 9.17) is 0 Å². The number of H-pyrrole nitrogens is 1. The minimum absolute atomic E-state index is 0.120. The lowest BCUT2D eigenvalue weighted by molar-refractivity contribution is 0.485. The molecule has 106 valence electrons. The molecule has 0 aliphatic heterocycles. The van der Waals surface area contributed by atoms with Crippen LogP contribution in [0.3, 0.4) is 0 Å². The van der Waals surface area contributed by atoms with E-state index >= 15 is 0 Å². The van der Waals surface area contributed by atoms with Crippen molar-refractivity contribution in [3.05, 3.63) is 29.1 Å². The lowest BCUT2D eigenvalue weighted by Gasteiger charge is -2.13. The molecule has 1 atom stereocenters. The van der Waals surface area contributed by atoms with Gasteiger partial charge in [0.1, 0.15) is 0 Å². The third kappa shape index (κ3) is 2.01. The SMILES string of the molecule is CCCCCC(C)n1cnc2c(=O)n3cc[nH]c3nc21. The molecule has 3 heterocycles. The van der Waals surface area contributed by atoms with Gasteiger partial charge in [0, 0.05) is 18.4 Å². The van der Waals surface area contributed by atoms with E-state index in [9.17, 15) is 4.79 Å². The second-order valence-corrected chi connectivity index (χ2v) is 5.24. The van der Waals surface area contributed by atoms with Crippen LogP contribution >= 0.6 is 0 Å². The standard InChI is InChI=1S/C14H19N5O/c1-3-4-5-6-10(2)19-9-16-11-12(19)17-14-15-7-8-18(14)13(11)20/h7-10H,3-6H2,1-2H3,(H,15,17). The molecule has 0 radical (unpaired) electrons. The van der Waals surface area contributed by atoms with E-state index in [2.05, 4.69) is 28.8 Å². The first-order valence-electron chi connectivity index (χ1n) is 7.14. The average Bonchev–Trinajstić information content (AvgIpc) is 3.05. The first-order valence-corrected chi connectivity index (χ1v) is 7.14. The van der Waals surface area contributed by atoms with Gasteiger partial charge in [-0.3, -0.25) is 9.20 Å². The molecular weight excluding hydrogens is 254 g/mol. The van der Waals surface area contributed by atoms with Gasteiger partial charge in [-0.2, -0.15) is 4.98 Å². The highest BCUT2D eigenvalue weighted by Gasteiger charge is 2.15. The molecule has 3 aromatic rings. The molecule has 6 heteroatoms. The number of aromatic nitrogens is 5. The van der Waals surface area contributed by atoms with Gasteiger partial charge in [-0.25, -0.2) is 4.98 Å². The van der Waals surface area contributed by atoms with Crippen LogP contribution in [0.4, 0.5) is 0 Å². The first kappa shape index (κ1) is 12.9. The first-order chi connectivity index (χ1) is 9.72. The topological polar surface area (TPSA) is 68.0 Å². The molecule has 20 heavy (non-hydrogen) atoms. The smallest absolute Gasteiger partial charge is 0.287 e. The van der Waals surface area contributed by atoms with Gasteiger partial charge in [-0.15, -0.1) is 0 Å². The average molecular weight is 273 g/mol. The maximum atomic E-state index is 12.3. The summed E-state index contributed by atoms with van der Waals surface area (Å²) >= 11 is 0. The second-order valence-electron chi connectivity index (χ2n) is 5.24. The van der Waals surface area contributed by atoms with Crippen LogP contribution in [0.15, 0.2) is 23.5 Å². The molecule has 0 fully saturated rings. The molecule has 3 rings (SSSR count).